The molecule has 0 aromatic heterocycles. The Bertz CT molecular complexity index is 899. The molecule has 0 aliphatic carbocycles. The summed E-state index contributed by atoms with van der Waals surface area (Å²) in [6.07, 6.45) is -2.56. The van der Waals surface area contributed by atoms with E-state index in [1.54, 1.807) is 12.1 Å². The van der Waals surface area contributed by atoms with Crippen LogP contribution >= 0.6 is 11.6 Å². The van der Waals surface area contributed by atoms with Crippen molar-refractivity contribution in [3.05, 3.63) is 64.2 Å². The standard InChI is InChI=1S/C22H24ClF3N2O2.HI/c1-28(2,18-9-11-30-12-10-18)14-15-3-6-17(7-4-15)27-21(29)16-5-8-20(23)19(13-16)22(24,25)26;/h3-8,13,18H,9-12,14H2,1-2H3;1H. The Morgan fingerprint density at radius 2 is 1.74 bits per heavy atom. The Balaban J connectivity index is 0.00000341. The third-order valence-corrected chi connectivity index (χ3v) is 5.84. The number of hydrogen-bond acceptors (Lipinski definition) is 2. The summed E-state index contributed by atoms with van der Waals surface area (Å²) >= 11 is 5.61. The molecule has 2 aromatic rings. The number of benzene rings is 2. The molecular formula is C22H25ClF3IN2O2. The van der Waals surface area contributed by atoms with Gasteiger partial charge in [-0.25, -0.2) is 0 Å². The van der Waals surface area contributed by atoms with Crippen LogP contribution in [0.4, 0.5) is 18.9 Å². The van der Waals surface area contributed by atoms with Gasteiger partial charge in [-0.3, -0.25) is 4.79 Å². The van der Waals surface area contributed by atoms with Crippen LogP contribution in [0.25, 0.3) is 0 Å². The number of nitrogens with one attached hydrogen (secondary N) is 1. The fourth-order valence-corrected chi connectivity index (χ4v) is 3.99. The largest absolute Gasteiger partial charge is 1.00 e. The van der Waals surface area contributed by atoms with E-state index < -0.39 is 22.7 Å². The molecular weight excluding hydrogens is 544 g/mol. The molecule has 1 aliphatic rings. The van der Waals surface area contributed by atoms with Crippen molar-refractivity contribution in [2.45, 2.75) is 31.6 Å². The van der Waals surface area contributed by atoms with Gasteiger partial charge in [0.05, 0.1) is 43.9 Å². The summed E-state index contributed by atoms with van der Waals surface area (Å²) in [4.78, 5) is 12.4. The predicted octanol–water partition coefficient (Wildman–Crippen LogP) is 2.37. The lowest BCUT2D eigenvalue weighted by Gasteiger charge is -2.40. The van der Waals surface area contributed by atoms with Crippen LogP contribution in [0.5, 0.6) is 0 Å². The Hall–Kier alpha value is -1.36. The minimum atomic E-state index is -4.62. The Morgan fingerprint density at radius 3 is 2.32 bits per heavy atom. The number of quaternary nitrogens is 1. The van der Waals surface area contributed by atoms with E-state index in [4.69, 9.17) is 16.3 Å². The second kappa shape index (κ2) is 10.5. The highest BCUT2D eigenvalue weighted by molar-refractivity contribution is 6.31. The number of rotatable bonds is 5. The maximum absolute atomic E-state index is 13.0. The Morgan fingerprint density at radius 1 is 1.13 bits per heavy atom. The lowest BCUT2D eigenvalue weighted by Crippen LogP contribution is -3.00. The summed E-state index contributed by atoms with van der Waals surface area (Å²) in [6, 6.07) is 11.0. The number of ether oxygens (including phenoxy) is 1. The van der Waals surface area contributed by atoms with Crippen LogP contribution in [0, 0.1) is 0 Å². The molecule has 4 nitrogen and oxygen atoms in total. The van der Waals surface area contributed by atoms with Crippen molar-refractivity contribution in [2.24, 2.45) is 0 Å². The van der Waals surface area contributed by atoms with E-state index in [0.29, 0.717) is 11.7 Å². The summed E-state index contributed by atoms with van der Waals surface area (Å²) in [6.45, 7) is 2.42. The minimum absolute atomic E-state index is 0. The molecule has 1 N–H and O–H groups in total. The first-order valence-corrected chi connectivity index (χ1v) is 10.1. The molecule has 0 saturated carbocycles. The predicted molar refractivity (Wildman–Crippen MR) is 111 cm³/mol. The van der Waals surface area contributed by atoms with Crippen LogP contribution in [-0.4, -0.2) is 43.7 Å². The molecule has 9 heteroatoms. The zero-order valence-electron chi connectivity index (χ0n) is 17.3. The summed E-state index contributed by atoms with van der Waals surface area (Å²) in [7, 11) is 4.40. The molecule has 0 spiro atoms. The van der Waals surface area contributed by atoms with E-state index in [2.05, 4.69) is 19.4 Å². The molecule has 3 rings (SSSR count). The van der Waals surface area contributed by atoms with Gasteiger partial charge in [0.15, 0.2) is 0 Å². The molecule has 0 atom stereocenters. The number of nitrogens with zero attached hydrogens (tertiary/aromatic N) is 1. The second-order valence-corrected chi connectivity index (χ2v) is 8.53. The molecule has 1 heterocycles. The second-order valence-electron chi connectivity index (χ2n) is 8.12. The molecule has 1 aliphatic heterocycles. The van der Waals surface area contributed by atoms with Gasteiger partial charge < -0.3 is 38.5 Å². The number of hydrogen-bond donors (Lipinski definition) is 1. The van der Waals surface area contributed by atoms with Crippen LogP contribution in [0.3, 0.4) is 0 Å². The highest BCUT2D eigenvalue weighted by atomic mass is 127. The SMILES string of the molecule is C[N+](C)(Cc1ccc(NC(=O)c2ccc(Cl)c(C(F)(F)F)c2)cc1)C1CCOCC1.[I-]. The number of amides is 1. The average Bonchev–Trinajstić information content (AvgIpc) is 2.69. The normalized spacial score (nSPS) is 15.3. The number of carbonyl (C=O) groups excluding carboxylic acids is 1. The van der Waals surface area contributed by atoms with Gasteiger partial charge in [0.1, 0.15) is 6.54 Å². The van der Waals surface area contributed by atoms with Crippen LogP contribution in [0.15, 0.2) is 42.5 Å². The maximum Gasteiger partial charge on any atom is 0.417 e. The quantitative estimate of drug-likeness (QED) is 0.445. The fourth-order valence-electron chi connectivity index (χ4n) is 3.76. The van der Waals surface area contributed by atoms with Crippen molar-refractivity contribution in [1.29, 1.82) is 0 Å². The fraction of sp³-hybridized carbons (Fsp3) is 0.409. The van der Waals surface area contributed by atoms with E-state index in [1.807, 2.05) is 12.1 Å². The summed E-state index contributed by atoms with van der Waals surface area (Å²) in [5.74, 6) is -0.622. The van der Waals surface area contributed by atoms with Gasteiger partial charge in [0, 0.05) is 29.7 Å². The highest BCUT2D eigenvalue weighted by Crippen LogP contribution is 2.35. The van der Waals surface area contributed by atoms with E-state index in [0.717, 1.165) is 54.8 Å². The zero-order valence-corrected chi connectivity index (χ0v) is 20.2. The van der Waals surface area contributed by atoms with E-state index >= 15 is 0 Å². The number of carbonyl (C=O) groups is 1. The monoisotopic (exact) mass is 568 g/mol. The summed E-state index contributed by atoms with van der Waals surface area (Å²) in [5, 5.41) is 2.20. The number of halogens is 5. The van der Waals surface area contributed by atoms with Gasteiger partial charge in [-0.1, -0.05) is 23.7 Å². The van der Waals surface area contributed by atoms with Crippen LogP contribution in [0.2, 0.25) is 5.02 Å². The first-order chi connectivity index (χ1) is 14.1. The molecule has 0 bridgehead atoms. The van der Waals surface area contributed by atoms with Gasteiger partial charge in [0.2, 0.25) is 0 Å². The molecule has 2 aromatic carbocycles. The molecule has 1 saturated heterocycles. The smallest absolute Gasteiger partial charge is 0.417 e. The molecule has 0 radical (unpaired) electrons. The van der Waals surface area contributed by atoms with E-state index in [-0.39, 0.29) is 29.5 Å². The third-order valence-electron chi connectivity index (χ3n) is 5.52. The van der Waals surface area contributed by atoms with Gasteiger partial charge in [-0.05, 0) is 30.3 Å². The van der Waals surface area contributed by atoms with Crippen molar-refractivity contribution in [1.82, 2.24) is 0 Å². The van der Waals surface area contributed by atoms with Gasteiger partial charge >= 0.3 is 6.18 Å². The molecule has 1 fully saturated rings. The topological polar surface area (TPSA) is 38.3 Å². The first-order valence-electron chi connectivity index (χ1n) is 9.74. The van der Waals surface area contributed by atoms with Crippen LogP contribution in [0.1, 0.15) is 34.3 Å². The molecule has 170 valence electrons. The molecule has 1 amide bonds. The van der Waals surface area contributed by atoms with Crippen molar-refractivity contribution in [2.75, 3.05) is 32.6 Å². The highest BCUT2D eigenvalue weighted by Gasteiger charge is 2.34. The number of alkyl halides is 3. The van der Waals surface area contributed by atoms with Crippen molar-refractivity contribution >= 4 is 23.2 Å². The summed E-state index contributed by atoms with van der Waals surface area (Å²) in [5.41, 5.74) is 0.507. The Labute approximate surface area is 202 Å². The van der Waals surface area contributed by atoms with E-state index in [1.165, 1.54) is 6.07 Å². The van der Waals surface area contributed by atoms with Gasteiger partial charge in [-0.2, -0.15) is 13.2 Å². The molecule has 31 heavy (non-hydrogen) atoms. The molecule has 0 unspecified atom stereocenters. The number of anilines is 1. The van der Waals surface area contributed by atoms with Crippen LogP contribution < -0.4 is 29.3 Å². The lowest BCUT2D eigenvalue weighted by molar-refractivity contribution is -0.929. The van der Waals surface area contributed by atoms with Gasteiger partial charge in [-0.15, -0.1) is 0 Å². The third kappa shape index (κ3) is 6.81. The van der Waals surface area contributed by atoms with Crippen molar-refractivity contribution < 1.29 is 51.2 Å². The van der Waals surface area contributed by atoms with Gasteiger partial charge in [0.25, 0.3) is 5.91 Å². The Kier molecular flexibility index (Phi) is 8.77. The van der Waals surface area contributed by atoms with E-state index in [9.17, 15) is 18.0 Å². The van der Waals surface area contributed by atoms with Crippen molar-refractivity contribution in [3.8, 4) is 0 Å². The lowest BCUT2D eigenvalue weighted by atomic mass is 10.0. The summed E-state index contributed by atoms with van der Waals surface area (Å²) < 4.78 is 45.3. The average molecular weight is 569 g/mol. The first kappa shape index (κ1) is 25.9. The zero-order chi connectivity index (χ0) is 21.9. The van der Waals surface area contributed by atoms with Crippen molar-refractivity contribution in [3.63, 3.8) is 0 Å². The van der Waals surface area contributed by atoms with Crippen LogP contribution in [-0.2, 0) is 17.5 Å². The maximum atomic E-state index is 13.0. The minimum Gasteiger partial charge on any atom is -1.00 e.